The summed E-state index contributed by atoms with van der Waals surface area (Å²) in [6.45, 7) is 10.8. The van der Waals surface area contributed by atoms with E-state index >= 15 is 0 Å². The molecule has 0 unspecified atom stereocenters. The maximum Gasteiger partial charge on any atom is 0.0566 e. The number of para-hydroxylation sites is 1. The van der Waals surface area contributed by atoms with Gasteiger partial charge in [-0.3, -0.25) is 0 Å². The lowest BCUT2D eigenvalue weighted by Gasteiger charge is -2.40. The van der Waals surface area contributed by atoms with Gasteiger partial charge in [0.25, 0.3) is 0 Å². The largest absolute Gasteiger partial charge is 0.380 e. The van der Waals surface area contributed by atoms with Crippen LogP contribution in [0, 0.1) is 10.8 Å². The predicted octanol–water partition coefficient (Wildman–Crippen LogP) is 11.3. The van der Waals surface area contributed by atoms with Crippen molar-refractivity contribution < 1.29 is 18.9 Å². The highest BCUT2D eigenvalue weighted by Gasteiger charge is 2.37. The number of hydrogen-bond acceptors (Lipinski definition) is 4. The molecule has 4 heterocycles. The van der Waals surface area contributed by atoms with Crippen LogP contribution in [0.15, 0.2) is 115 Å². The Hall–Kier alpha value is -4.98. The highest BCUT2D eigenvalue weighted by molar-refractivity contribution is 6.09. The Morgan fingerprint density at radius 1 is 0.569 bits per heavy atom. The maximum atomic E-state index is 6.19. The third kappa shape index (κ3) is 6.80. The van der Waals surface area contributed by atoms with Gasteiger partial charge in [-0.15, -0.1) is 0 Å². The van der Waals surface area contributed by atoms with E-state index in [9.17, 15) is 0 Å². The fourth-order valence-electron chi connectivity index (χ4n) is 9.34. The molecule has 6 nitrogen and oxygen atoms in total. The van der Waals surface area contributed by atoms with Crippen molar-refractivity contribution >= 4 is 38.8 Å². The van der Waals surface area contributed by atoms with Crippen molar-refractivity contribution in [2.45, 2.75) is 52.4 Å². The third-order valence-electron chi connectivity index (χ3n) is 13.3. The monoisotopic (exact) mass is 770 g/mol. The van der Waals surface area contributed by atoms with Crippen LogP contribution in [0.25, 0.3) is 61.3 Å². The molecule has 0 N–H and O–H groups in total. The Labute approximate surface area is 342 Å². The zero-order valence-corrected chi connectivity index (χ0v) is 34.0. The summed E-state index contributed by atoms with van der Waals surface area (Å²) in [6.07, 6.45) is 10.7. The third-order valence-corrected chi connectivity index (χ3v) is 13.3. The minimum atomic E-state index is 0.214. The van der Waals surface area contributed by atoms with Crippen LogP contribution in [0.3, 0.4) is 0 Å². The fourth-order valence-corrected chi connectivity index (χ4v) is 9.34. The van der Waals surface area contributed by atoms with Gasteiger partial charge >= 0.3 is 0 Å². The molecule has 2 aromatic heterocycles. The first-order valence-electron chi connectivity index (χ1n) is 21.4. The zero-order chi connectivity index (χ0) is 39.1. The fraction of sp³-hybridized carbons (Fsp3) is 0.346. The van der Waals surface area contributed by atoms with Crippen molar-refractivity contribution in [2.75, 3.05) is 52.9 Å². The molecule has 6 heteroatoms. The van der Waals surface area contributed by atoms with Crippen molar-refractivity contribution in [1.29, 1.82) is 0 Å². The number of nitrogens with zero attached hydrogens (tertiary/aromatic N) is 2. The molecule has 0 amide bonds. The molecule has 2 saturated heterocycles. The molecule has 5 aromatic carbocycles. The van der Waals surface area contributed by atoms with Gasteiger partial charge in [-0.05, 0) is 115 Å². The molecule has 2 aliphatic heterocycles. The average molecular weight is 771 g/mol. The van der Waals surface area contributed by atoms with Crippen LogP contribution in [-0.4, -0.2) is 62.0 Å². The van der Waals surface area contributed by atoms with Gasteiger partial charge in [0.15, 0.2) is 0 Å². The molecule has 3 aliphatic rings. The van der Waals surface area contributed by atoms with Gasteiger partial charge in [0.05, 0.1) is 69.4 Å². The lowest BCUT2D eigenvalue weighted by atomic mass is 9.84. The average Bonchev–Trinajstić information content (AvgIpc) is 3.75. The summed E-state index contributed by atoms with van der Waals surface area (Å²) in [5.74, 6) is 0. The van der Waals surface area contributed by atoms with Crippen LogP contribution < -0.4 is 0 Å². The number of ether oxygens (including phenoxy) is 4. The number of hydrogen-bond donors (Lipinski definition) is 0. The number of fused-ring (bicyclic) bond motifs is 6. The van der Waals surface area contributed by atoms with Gasteiger partial charge in [0.1, 0.15) is 0 Å². The molecule has 58 heavy (non-hydrogen) atoms. The van der Waals surface area contributed by atoms with E-state index in [1.165, 1.54) is 71.9 Å². The molecule has 0 spiro atoms. The Morgan fingerprint density at radius 3 is 1.74 bits per heavy atom. The molecule has 296 valence electrons. The molecular formula is C52H54N2O4. The first-order valence-corrected chi connectivity index (χ1v) is 21.4. The van der Waals surface area contributed by atoms with Crippen LogP contribution in [0.1, 0.15) is 55.5 Å². The van der Waals surface area contributed by atoms with Gasteiger partial charge in [0.2, 0.25) is 0 Å². The van der Waals surface area contributed by atoms with E-state index in [2.05, 4.69) is 144 Å². The van der Waals surface area contributed by atoms with Crippen LogP contribution in [0.5, 0.6) is 0 Å². The van der Waals surface area contributed by atoms with Gasteiger partial charge in [0, 0.05) is 49.6 Å². The van der Waals surface area contributed by atoms with E-state index in [0.717, 1.165) is 97.1 Å². The Balaban J connectivity index is 0.931. The molecule has 10 rings (SSSR count). The van der Waals surface area contributed by atoms with E-state index in [1.807, 2.05) is 0 Å². The van der Waals surface area contributed by atoms with Crippen molar-refractivity contribution in [3.05, 3.63) is 138 Å². The van der Waals surface area contributed by atoms with Crippen molar-refractivity contribution in [3.63, 3.8) is 0 Å². The quantitative estimate of drug-likeness (QED) is 0.0974. The summed E-state index contributed by atoms with van der Waals surface area (Å²) in [6, 6.07) is 40.9. The summed E-state index contributed by atoms with van der Waals surface area (Å²) < 4.78 is 28.3. The summed E-state index contributed by atoms with van der Waals surface area (Å²) in [4.78, 5) is 0. The molecule has 1 aliphatic carbocycles. The smallest absolute Gasteiger partial charge is 0.0566 e. The Morgan fingerprint density at radius 2 is 1.14 bits per heavy atom. The number of benzene rings is 5. The van der Waals surface area contributed by atoms with Crippen molar-refractivity contribution in [1.82, 2.24) is 9.13 Å². The predicted molar refractivity (Wildman–Crippen MR) is 237 cm³/mol. The summed E-state index contributed by atoms with van der Waals surface area (Å²) >= 11 is 0. The van der Waals surface area contributed by atoms with Gasteiger partial charge < -0.3 is 28.1 Å². The number of rotatable bonds is 15. The summed E-state index contributed by atoms with van der Waals surface area (Å²) in [5.41, 5.74) is 14.3. The molecule has 0 atom stereocenters. The van der Waals surface area contributed by atoms with E-state index in [1.54, 1.807) is 0 Å². The standard InChI is InChI=1S/C52H54N2O4/c1-3-51(33-57-34-51)31-55-25-23-37-19-21-49-45(27-37)43-15-5-7-17-47(43)53(49)41-13-9-11-39(29-41)40-12-10-14-42(30-40)54-48-18-8-6-16-44(48)46-28-38(20-22-50(46)54)24-26-56-32-52(4-2)35-58-36-52/h5-7,9-17,19-22,27-30H,3-4,8,18,23-26,31-36H2,1-2H3. The molecule has 0 saturated carbocycles. The molecule has 7 aromatic rings. The highest BCUT2D eigenvalue weighted by Crippen LogP contribution is 2.38. The molecule has 0 radical (unpaired) electrons. The molecule has 0 bridgehead atoms. The van der Waals surface area contributed by atoms with E-state index < -0.39 is 0 Å². The lowest BCUT2D eigenvalue weighted by molar-refractivity contribution is -0.149. The first-order chi connectivity index (χ1) is 28.6. The molecule has 2 fully saturated rings. The van der Waals surface area contributed by atoms with Crippen LogP contribution in [0.2, 0.25) is 0 Å². The van der Waals surface area contributed by atoms with Crippen LogP contribution >= 0.6 is 0 Å². The second-order valence-electron chi connectivity index (χ2n) is 17.1. The number of aromatic nitrogens is 2. The Kier molecular flexibility index (Phi) is 10.1. The minimum Gasteiger partial charge on any atom is -0.380 e. The van der Waals surface area contributed by atoms with Gasteiger partial charge in [-0.1, -0.05) is 80.6 Å². The van der Waals surface area contributed by atoms with Crippen molar-refractivity contribution in [2.24, 2.45) is 10.8 Å². The zero-order valence-electron chi connectivity index (χ0n) is 34.0. The maximum absolute atomic E-state index is 6.19. The van der Waals surface area contributed by atoms with Gasteiger partial charge in [-0.2, -0.15) is 0 Å². The van der Waals surface area contributed by atoms with Crippen LogP contribution in [-0.2, 0) is 38.2 Å². The minimum absolute atomic E-state index is 0.214. The van der Waals surface area contributed by atoms with Gasteiger partial charge in [-0.25, -0.2) is 0 Å². The number of allylic oxidation sites excluding steroid dienone is 1. The second kappa shape index (κ2) is 15.6. The second-order valence-corrected chi connectivity index (χ2v) is 17.1. The normalized spacial score (nSPS) is 16.8. The van der Waals surface area contributed by atoms with Crippen LogP contribution in [0.4, 0.5) is 0 Å². The van der Waals surface area contributed by atoms with E-state index in [0.29, 0.717) is 0 Å². The Bertz CT molecular complexity index is 2630. The summed E-state index contributed by atoms with van der Waals surface area (Å²) in [7, 11) is 0. The topological polar surface area (TPSA) is 46.8 Å². The molecular weight excluding hydrogens is 717 g/mol. The summed E-state index contributed by atoms with van der Waals surface area (Å²) in [5, 5.41) is 3.87. The first kappa shape index (κ1) is 37.3. The van der Waals surface area contributed by atoms with Crippen molar-refractivity contribution in [3.8, 4) is 22.5 Å². The van der Waals surface area contributed by atoms with E-state index in [4.69, 9.17) is 18.9 Å². The SMILES string of the molecule is CCC1(COCCc2ccc3c(c2)c2c(n3-c3cccc(-c4cccc(-n5c6ccccc6c6cc(CCOCC7(CC)COC7)ccc65)c4)c3)CCC=C2)COC1. The highest BCUT2D eigenvalue weighted by atomic mass is 16.5. The van der Waals surface area contributed by atoms with E-state index in [-0.39, 0.29) is 10.8 Å². The lowest BCUT2D eigenvalue weighted by Crippen LogP contribution is -2.45.